The van der Waals surface area contributed by atoms with Crippen LogP contribution in [0.5, 0.6) is 0 Å². The highest BCUT2D eigenvalue weighted by atomic mass is 16.2. The van der Waals surface area contributed by atoms with Crippen molar-refractivity contribution in [2.75, 3.05) is 11.9 Å². The van der Waals surface area contributed by atoms with Crippen molar-refractivity contribution >= 4 is 23.5 Å². The number of amides is 4. The summed E-state index contributed by atoms with van der Waals surface area (Å²) in [6, 6.07) is 15.4. The number of urea groups is 1. The number of carbonyl (C=O) groups is 3. The Hall–Kier alpha value is -3.15. The number of aryl methyl sites for hydroxylation is 2. The number of anilines is 1. The maximum atomic E-state index is 13.6. The van der Waals surface area contributed by atoms with Crippen LogP contribution in [0.2, 0.25) is 0 Å². The maximum Gasteiger partial charge on any atom is 0.328 e. The number of nitrogens with one attached hydrogen (secondary N) is 1. The van der Waals surface area contributed by atoms with Crippen molar-refractivity contribution in [1.29, 1.82) is 0 Å². The Morgan fingerprint density at radius 3 is 2.15 bits per heavy atom. The lowest BCUT2D eigenvalue weighted by molar-refractivity contribution is -0.137. The zero-order valence-corrected chi connectivity index (χ0v) is 19.6. The molecule has 4 amide bonds. The summed E-state index contributed by atoms with van der Waals surface area (Å²) in [6.45, 7) is 4.21. The molecule has 1 N–H and O–H groups in total. The SMILES string of the molecule is CCc1cccc(CC)c1NC(=O)CN1C(=O)N(Cc2ccccc2)C2(CCCCC2)C1=O. The van der Waals surface area contributed by atoms with Gasteiger partial charge in [-0.25, -0.2) is 4.79 Å². The van der Waals surface area contributed by atoms with Crippen molar-refractivity contribution in [3.8, 4) is 0 Å². The van der Waals surface area contributed by atoms with E-state index in [0.29, 0.717) is 19.4 Å². The van der Waals surface area contributed by atoms with Gasteiger partial charge in [0, 0.05) is 12.2 Å². The number of benzene rings is 2. The summed E-state index contributed by atoms with van der Waals surface area (Å²) < 4.78 is 0. The van der Waals surface area contributed by atoms with Gasteiger partial charge < -0.3 is 10.2 Å². The third-order valence-corrected chi connectivity index (χ3v) is 7.05. The first-order chi connectivity index (χ1) is 16.0. The highest BCUT2D eigenvalue weighted by molar-refractivity contribution is 6.10. The lowest BCUT2D eigenvalue weighted by atomic mass is 9.80. The molecule has 1 aliphatic heterocycles. The fourth-order valence-electron chi connectivity index (χ4n) is 5.25. The molecule has 1 spiro atoms. The lowest BCUT2D eigenvalue weighted by Gasteiger charge is -2.38. The van der Waals surface area contributed by atoms with Crippen molar-refractivity contribution in [2.24, 2.45) is 0 Å². The van der Waals surface area contributed by atoms with Gasteiger partial charge in [-0.15, -0.1) is 0 Å². The summed E-state index contributed by atoms with van der Waals surface area (Å²) in [5, 5.41) is 3.00. The molecule has 6 nitrogen and oxygen atoms in total. The van der Waals surface area contributed by atoms with Crippen LogP contribution in [-0.2, 0) is 29.0 Å². The average molecular weight is 448 g/mol. The summed E-state index contributed by atoms with van der Waals surface area (Å²) in [5.41, 5.74) is 3.06. The quantitative estimate of drug-likeness (QED) is 0.613. The van der Waals surface area contributed by atoms with E-state index in [0.717, 1.165) is 54.5 Å². The van der Waals surface area contributed by atoms with Gasteiger partial charge in [0.2, 0.25) is 5.91 Å². The molecule has 174 valence electrons. The highest BCUT2D eigenvalue weighted by Crippen LogP contribution is 2.41. The first kappa shape index (κ1) is 23.0. The Morgan fingerprint density at radius 2 is 1.55 bits per heavy atom. The Kier molecular flexibility index (Phi) is 6.82. The molecule has 0 bridgehead atoms. The van der Waals surface area contributed by atoms with E-state index in [-0.39, 0.29) is 24.4 Å². The molecule has 2 aromatic rings. The predicted octanol–water partition coefficient (Wildman–Crippen LogP) is 4.92. The van der Waals surface area contributed by atoms with Crippen molar-refractivity contribution in [2.45, 2.75) is 70.9 Å². The Balaban J connectivity index is 1.57. The van der Waals surface area contributed by atoms with Crippen LogP contribution in [0.3, 0.4) is 0 Å². The number of hydrogen-bond acceptors (Lipinski definition) is 3. The average Bonchev–Trinajstić information content (AvgIpc) is 3.02. The van der Waals surface area contributed by atoms with E-state index in [2.05, 4.69) is 5.32 Å². The molecule has 1 saturated carbocycles. The van der Waals surface area contributed by atoms with Gasteiger partial charge in [-0.2, -0.15) is 0 Å². The second kappa shape index (κ2) is 9.77. The molecule has 2 aromatic carbocycles. The summed E-state index contributed by atoms with van der Waals surface area (Å²) >= 11 is 0. The summed E-state index contributed by atoms with van der Waals surface area (Å²) in [7, 11) is 0. The molecule has 0 radical (unpaired) electrons. The van der Waals surface area contributed by atoms with Crippen LogP contribution in [0, 0.1) is 0 Å². The number of rotatable bonds is 7. The minimum absolute atomic E-state index is 0.224. The molecule has 0 atom stereocenters. The molecular formula is C27H33N3O3. The molecule has 6 heteroatoms. The molecule has 0 unspecified atom stereocenters. The topological polar surface area (TPSA) is 69.7 Å². The molecule has 2 aliphatic rings. The number of imide groups is 1. The fraction of sp³-hybridized carbons (Fsp3) is 0.444. The van der Waals surface area contributed by atoms with Gasteiger partial charge >= 0.3 is 6.03 Å². The van der Waals surface area contributed by atoms with E-state index in [1.54, 1.807) is 4.90 Å². The van der Waals surface area contributed by atoms with Crippen LogP contribution in [0.4, 0.5) is 10.5 Å². The summed E-state index contributed by atoms with van der Waals surface area (Å²) in [6.07, 6.45) is 5.78. The van der Waals surface area contributed by atoms with E-state index in [4.69, 9.17) is 0 Å². The predicted molar refractivity (Wildman–Crippen MR) is 129 cm³/mol. The van der Waals surface area contributed by atoms with E-state index in [1.165, 1.54) is 4.90 Å². The van der Waals surface area contributed by atoms with Crippen LogP contribution in [0.15, 0.2) is 48.5 Å². The van der Waals surface area contributed by atoms with Crippen molar-refractivity contribution in [3.05, 3.63) is 65.2 Å². The Labute approximate surface area is 196 Å². The molecule has 4 rings (SSSR count). The van der Waals surface area contributed by atoms with Crippen LogP contribution in [0.25, 0.3) is 0 Å². The third-order valence-electron chi connectivity index (χ3n) is 7.05. The Morgan fingerprint density at radius 1 is 0.909 bits per heavy atom. The van der Waals surface area contributed by atoms with E-state index < -0.39 is 5.54 Å². The third kappa shape index (κ3) is 4.39. The van der Waals surface area contributed by atoms with E-state index in [9.17, 15) is 14.4 Å². The molecular weight excluding hydrogens is 414 g/mol. The maximum absolute atomic E-state index is 13.6. The van der Waals surface area contributed by atoms with Crippen LogP contribution >= 0.6 is 0 Å². The fourth-order valence-corrected chi connectivity index (χ4v) is 5.25. The highest BCUT2D eigenvalue weighted by Gasteiger charge is 2.57. The van der Waals surface area contributed by atoms with Crippen LogP contribution in [0.1, 0.15) is 62.6 Å². The van der Waals surface area contributed by atoms with Crippen LogP contribution in [-0.4, -0.2) is 39.7 Å². The van der Waals surface area contributed by atoms with Gasteiger partial charge in [0.1, 0.15) is 12.1 Å². The standard InChI is InChI=1S/C27H33N3O3/c1-3-21-14-11-15-22(4-2)24(21)28-23(31)19-29-25(32)27(16-9-6-10-17-27)30(26(29)33)18-20-12-7-5-8-13-20/h5,7-8,11-15H,3-4,6,9-10,16-19H2,1-2H3,(H,28,31). The van der Waals surface area contributed by atoms with E-state index in [1.807, 2.05) is 62.4 Å². The molecule has 1 saturated heterocycles. The second-order valence-electron chi connectivity index (χ2n) is 9.04. The normalized spacial score (nSPS) is 17.6. The van der Waals surface area contributed by atoms with E-state index >= 15 is 0 Å². The largest absolute Gasteiger partial charge is 0.328 e. The van der Waals surface area contributed by atoms with Crippen molar-refractivity contribution < 1.29 is 14.4 Å². The monoisotopic (exact) mass is 447 g/mol. The minimum atomic E-state index is -0.832. The van der Waals surface area contributed by atoms with Gasteiger partial charge in [0.15, 0.2) is 0 Å². The van der Waals surface area contributed by atoms with Crippen molar-refractivity contribution in [1.82, 2.24) is 9.80 Å². The van der Waals surface area contributed by atoms with Crippen LogP contribution < -0.4 is 5.32 Å². The molecule has 1 heterocycles. The molecule has 1 aliphatic carbocycles. The smallest absolute Gasteiger partial charge is 0.324 e. The summed E-state index contributed by atoms with van der Waals surface area (Å²) in [4.78, 5) is 43.0. The second-order valence-corrected chi connectivity index (χ2v) is 9.04. The van der Waals surface area contributed by atoms with Gasteiger partial charge in [0.25, 0.3) is 5.91 Å². The summed E-state index contributed by atoms with van der Waals surface area (Å²) in [5.74, 6) is -0.558. The first-order valence-electron chi connectivity index (χ1n) is 12.1. The van der Waals surface area contributed by atoms with Gasteiger partial charge in [-0.3, -0.25) is 14.5 Å². The molecule has 2 fully saturated rings. The molecule has 0 aromatic heterocycles. The lowest BCUT2D eigenvalue weighted by Crippen LogP contribution is -2.50. The van der Waals surface area contributed by atoms with Gasteiger partial charge in [-0.1, -0.05) is 81.6 Å². The first-order valence-corrected chi connectivity index (χ1v) is 12.1. The molecule has 33 heavy (non-hydrogen) atoms. The number of hydrogen-bond donors (Lipinski definition) is 1. The van der Waals surface area contributed by atoms with Crippen molar-refractivity contribution in [3.63, 3.8) is 0 Å². The minimum Gasteiger partial charge on any atom is -0.324 e. The number of carbonyl (C=O) groups excluding carboxylic acids is 3. The number of nitrogens with zero attached hydrogens (tertiary/aromatic N) is 2. The number of para-hydroxylation sites is 1. The zero-order chi connectivity index (χ0) is 23.4. The zero-order valence-electron chi connectivity index (χ0n) is 19.6. The Bertz CT molecular complexity index is 1010. The van der Waals surface area contributed by atoms with Gasteiger partial charge in [0.05, 0.1) is 0 Å². The van der Waals surface area contributed by atoms with Gasteiger partial charge in [-0.05, 0) is 42.4 Å².